The summed E-state index contributed by atoms with van der Waals surface area (Å²) < 4.78 is 5.02. The van der Waals surface area contributed by atoms with Crippen molar-refractivity contribution in [3.05, 3.63) is 17.5 Å². The van der Waals surface area contributed by atoms with Gasteiger partial charge in [-0.05, 0) is 12.8 Å². The number of carbonyl (C=O) groups is 1. The van der Waals surface area contributed by atoms with Gasteiger partial charge >= 0.3 is 0 Å². The normalized spacial score (nSPS) is 17.1. The molecule has 0 saturated heterocycles. The molecule has 16 heavy (non-hydrogen) atoms. The molecule has 1 unspecified atom stereocenters. The van der Waals surface area contributed by atoms with Crippen molar-refractivity contribution >= 4 is 5.91 Å². The van der Waals surface area contributed by atoms with E-state index in [-0.39, 0.29) is 18.8 Å². The minimum atomic E-state index is -0.946. The number of nitrogens with zero attached hydrogens (tertiary/aromatic N) is 1. The molecule has 1 heterocycles. The molecule has 1 aliphatic carbocycles. The zero-order valence-corrected chi connectivity index (χ0v) is 8.72. The van der Waals surface area contributed by atoms with E-state index in [1.807, 2.05) is 0 Å². The fourth-order valence-electron chi connectivity index (χ4n) is 1.32. The fraction of sp³-hybridized carbons (Fsp3) is 0.600. The Morgan fingerprint density at radius 1 is 1.69 bits per heavy atom. The lowest BCUT2D eigenvalue weighted by Crippen LogP contribution is -2.34. The van der Waals surface area contributed by atoms with E-state index in [0.29, 0.717) is 5.92 Å². The molecular formula is C10H14N2O4. The first-order valence-corrected chi connectivity index (χ1v) is 5.24. The van der Waals surface area contributed by atoms with Crippen molar-refractivity contribution in [2.45, 2.75) is 24.9 Å². The second-order valence-corrected chi connectivity index (χ2v) is 3.94. The van der Waals surface area contributed by atoms with Crippen molar-refractivity contribution in [1.82, 2.24) is 10.5 Å². The minimum absolute atomic E-state index is 0.000948. The minimum Gasteiger partial charge on any atom is -0.394 e. The lowest BCUT2D eigenvalue weighted by atomic mass is 10.2. The number of aromatic nitrogens is 1. The van der Waals surface area contributed by atoms with Crippen molar-refractivity contribution in [1.29, 1.82) is 0 Å². The second kappa shape index (κ2) is 4.63. The molecule has 1 fully saturated rings. The highest BCUT2D eigenvalue weighted by molar-refractivity contribution is 5.92. The van der Waals surface area contributed by atoms with Gasteiger partial charge in [0.1, 0.15) is 5.76 Å². The Hall–Kier alpha value is -1.40. The van der Waals surface area contributed by atoms with Gasteiger partial charge in [-0.15, -0.1) is 0 Å². The average molecular weight is 226 g/mol. The maximum absolute atomic E-state index is 11.5. The first kappa shape index (κ1) is 11.1. The maximum atomic E-state index is 11.5. The summed E-state index contributed by atoms with van der Waals surface area (Å²) in [6, 6.07) is 1.62. The Labute approximate surface area is 92.2 Å². The van der Waals surface area contributed by atoms with E-state index in [2.05, 4.69) is 10.5 Å². The number of nitrogens with one attached hydrogen (secondary N) is 1. The Balaban J connectivity index is 1.87. The SMILES string of the molecule is O=C(NCC(O)CO)c1cc(C2CC2)on1. The van der Waals surface area contributed by atoms with Gasteiger partial charge < -0.3 is 20.1 Å². The molecule has 1 aromatic rings. The van der Waals surface area contributed by atoms with Crippen LogP contribution in [0.4, 0.5) is 0 Å². The molecule has 1 amide bonds. The van der Waals surface area contributed by atoms with Crippen molar-refractivity contribution in [2.24, 2.45) is 0 Å². The Morgan fingerprint density at radius 2 is 2.44 bits per heavy atom. The van der Waals surface area contributed by atoms with E-state index in [1.54, 1.807) is 6.07 Å². The molecule has 1 aliphatic rings. The van der Waals surface area contributed by atoms with Crippen LogP contribution in [0.3, 0.4) is 0 Å². The number of rotatable bonds is 5. The average Bonchev–Trinajstić information content (AvgIpc) is 3.03. The zero-order valence-electron chi connectivity index (χ0n) is 8.72. The van der Waals surface area contributed by atoms with Gasteiger partial charge in [0.2, 0.25) is 0 Å². The van der Waals surface area contributed by atoms with Crippen LogP contribution in [0.1, 0.15) is 35.0 Å². The van der Waals surface area contributed by atoms with Crippen LogP contribution in [0.15, 0.2) is 10.6 Å². The van der Waals surface area contributed by atoms with E-state index in [1.165, 1.54) is 0 Å². The lowest BCUT2D eigenvalue weighted by Gasteiger charge is -2.06. The molecule has 2 rings (SSSR count). The third-order valence-electron chi connectivity index (χ3n) is 2.45. The lowest BCUT2D eigenvalue weighted by molar-refractivity contribution is 0.0796. The summed E-state index contributed by atoms with van der Waals surface area (Å²) >= 11 is 0. The van der Waals surface area contributed by atoms with Gasteiger partial charge in [-0.3, -0.25) is 4.79 Å². The van der Waals surface area contributed by atoms with Crippen molar-refractivity contribution in [3.8, 4) is 0 Å². The quantitative estimate of drug-likeness (QED) is 0.637. The molecule has 0 radical (unpaired) electrons. The largest absolute Gasteiger partial charge is 0.394 e. The standard InChI is InChI=1S/C10H14N2O4/c13-5-7(14)4-11-10(15)8-3-9(16-12-8)6-1-2-6/h3,6-7,13-14H,1-2,4-5H2,(H,11,15). The third kappa shape index (κ3) is 2.59. The molecule has 6 nitrogen and oxygen atoms in total. The van der Waals surface area contributed by atoms with Crippen LogP contribution in [0.25, 0.3) is 0 Å². The molecule has 0 bridgehead atoms. The second-order valence-electron chi connectivity index (χ2n) is 3.94. The van der Waals surface area contributed by atoms with Crippen LogP contribution >= 0.6 is 0 Å². The summed E-state index contributed by atoms with van der Waals surface area (Å²) in [6.45, 7) is -0.382. The Kier molecular flexibility index (Phi) is 3.21. The summed E-state index contributed by atoms with van der Waals surface area (Å²) in [5.74, 6) is 0.757. The number of hydrogen-bond donors (Lipinski definition) is 3. The predicted molar refractivity (Wildman–Crippen MR) is 53.9 cm³/mol. The smallest absolute Gasteiger partial charge is 0.273 e. The van der Waals surface area contributed by atoms with Crippen LogP contribution in [-0.2, 0) is 0 Å². The van der Waals surface area contributed by atoms with Gasteiger partial charge in [0, 0.05) is 18.5 Å². The third-order valence-corrected chi connectivity index (χ3v) is 2.45. The Bertz CT molecular complexity index is 373. The number of amides is 1. The van der Waals surface area contributed by atoms with Crippen LogP contribution in [0.5, 0.6) is 0 Å². The molecule has 6 heteroatoms. The van der Waals surface area contributed by atoms with Gasteiger partial charge in [-0.2, -0.15) is 0 Å². The van der Waals surface area contributed by atoms with Gasteiger partial charge in [0.25, 0.3) is 5.91 Å². The summed E-state index contributed by atoms with van der Waals surface area (Å²) in [5, 5.41) is 23.7. The van der Waals surface area contributed by atoms with Crippen LogP contribution in [0, 0.1) is 0 Å². The number of aliphatic hydroxyl groups is 2. The molecular weight excluding hydrogens is 212 g/mol. The molecule has 1 saturated carbocycles. The van der Waals surface area contributed by atoms with Crippen molar-refractivity contribution in [2.75, 3.05) is 13.2 Å². The highest BCUT2D eigenvalue weighted by Gasteiger charge is 2.28. The number of carbonyl (C=O) groups excluding carboxylic acids is 1. The first-order chi connectivity index (χ1) is 7.70. The highest BCUT2D eigenvalue weighted by atomic mass is 16.5. The van der Waals surface area contributed by atoms with E-state index in [0.717, 1.165) is 18.6 Å². The maximum Gasteiger partial charge on any atom is 0.273 e. The summed E-state index contributed by atoms with van der Waals surface area (Å²) in [4.78, 5) is 11.5. The highest BCUT2D eigenvalue weighted by Crippen LogP contribution is 2.40. The monoisotopic (exact) mass is 226 g/mol. The van der Waals surface area contributed by atoms with Crippen LogP contribution in [0.2, 0.25) is 0 Å². The van der Waals surface area contributed by atoms with Gasteiger partial charge in [-0.1, -0.05) is 5.16 Å². The molecule has 1 aromatic heterocycles. The number of aliphatic hydroxyl groups excluding tert-OH is 2. The predicted octanol–water partition coefficient (Wildman–Crippen LogP) is -0.365. The topological polar surface area (TPSA) is 95.6 Å². The first-order valence-electron chi connectivity index (χ1n) is 5.24. The van der Waals surface area contributed by atoms with Crippen LogP contribution < -0.4 is 5.32 Å². The van der Waals surface area contributed by atoms with Gasteiger partial charge in [0.05, 0.1) is 12.7 Å². The molecule has 3 N–H and O–H groups in total. The summed E-state index contributed by atoms with van der Waals surface area (Å²) in [5.41, 5.74) is 0.215. The van der Waals surface area contributed by atoms with Crippen molar-refractivity contribution in [3.63, 3.8) is 0 Å². The van der Waals surface area contributed by atoms with E-state index in [4.69, 9.17) is 14.7 Å². The van der Waals surface area contributed by atoms with E-state index >= 15 is 0 Å². The molecule has 0 spiro atoms. The molecule has 1 atom stereocenters. The molecule has 88 valence electrons. The van der Waals surface area contributed by atoms with Gasteiger partial charge in [-0.25, -0.2) is 0 Å². The van der Waals surface area contributed by atoms with Gasteiger partial charge in [0.15, 0.2) is 5.69 Å². The molecule has 0 aliphatic heterocycles. The van der Waals surface area contributed by atoms with Crippen LogP contribution in [-0.4, -0.2) is 40.5 Å². The summed E-state index contributed by atoms with van der Waals surface area (Å²) in [6.07, 6.45) is 1.22. The Morgan fingerprint density at radius 3 is 3.06 bits per heavy atom. The summed E-state index contributed by atoms with van der Waals surface area (Å²) in [7, 11) is 0. The van der Waals surface area contributed by atoms with E-state index in [9.17, 15) is 4.79 Å². The fourth-order valence-corrected chi connectivity index (χ4v) is 1.32. The molecule has 0 aromatic carbocycles. The number of hydrogen-bond acceptors (Lipinski definition) is 5. The van der Waals surface area contributed by atoms with E-state index < -0.39 is 12.0 Å². The van der Waals surface area contributed by atoms with Crippen molar-refractivity contribution < 1.29 is 19.5 Å². The zero-order chi connectivity index (χ0) is 11.5.